The molecule has 0 heterocycles. The summed E-state index contributed by atoms with van der Waals surface area (Å²) < 4.78 is 0. The van der Waals surface area contributed by atoms with Gasteiger partial charge in [-0.05, 0) is 0 Å². The number of rotatable bonds is 0. The van der Waals surface area contributed by atoms with Gasteiger partial charge in [0, 0.05) is 133 Å². The Kier molecular flexibility index (Phi) is 146. The fourth-order valence-electron chi connectivity index (χ4n) is 0. The maximum absolute atomic E-state index is 0. The van der Waals surface area contributed by atoms with Crippen LogP contribution in [0.4, 0.5) is 0 Å². The van der Waals surface area contributed by atoms with E-state index >= 15 is 0 Å². The minimum absolute atomic E-state index is 0. The van der Waals surface area contributed by atoms with Gasteiger partial charge in [-0.25, -0.2) is 0 Å². The summed E-state index contributed by atoms with van der Waals surface area (Å²) in [4.78, 5) is 0. The average Bonchev–Trinajstić information content (AvgIpc) is 0. The van der Waals surface area contributed by atoms with Crippen LogP contribution in [-0.2, 0) is 52.0 Å². The van der Waals surface area contributed by atoms with Crippen molar-refractivity contribution in [3.63, 3.8) is 0 Å². The van der Waals surface area contributed by atoms with Gasteiger partial charge in [0.25, 0.3) is 0 Å². The van der Waals surface area contributed by atoms with Gasteiger partial charge in [-0.15, -0.1) is 0 Å². The van der Waals surface area contributed by atoms with Crippen molar-refractivity contribution in [3.8, 4) is 0 Å². The van der Waals surface area contributed by atoms with E-state index in [1.165, 1.54) is 0 Å². The van der Waals surface area contributed by atoms with Crippen molar-refractivity contribution in [1.82, 2.24) is 0 Å². The Bertz CT molecular complexity index is 11.6. The molecule has 0 aliphatic rings. The van der Waals surface area contributed by atoms with E-state index in [1.807, 2.05) is 0 Å². The van der Waals surface area contributed by atoms with Crippen LogP contribution in [0.3, 0.4) is 0 Å². The normalized spacial score (nSPS) is 0. The maximum Gasteiger partial charge on any atom is 0.316 e. The molecule has 0 spiro atoms. The summed E-state index contributed by atoms with van der Waals surface area (Å²) in [5, 5.41) is 0. The fourth-order valence-corrected chi connectivity index (χ4v) is 0. The molecule has 0 saturated heterocycles. The molecule has 5 heavy (non-hydrogen) atoms. The van der Waals surface area contributed by atoms with E-state index in [9.17, 15) is 0 Å². The van der Waals surface area contributed by atoms with Crippen molar-refractivity contribution in [2.75, 3.05) is 0 Å². The molecule has 0 N–H and O–H groups in total. The van der Waals surface area contributed by atoms with E-state index in [1.54, 1.807) is 0 Å². The van der Waals surface area contributed by atoms with Gasteiger partial charge >= 0.3 is 23.1 Å². The molecule has 0 nitrogen and oxygen atoms in total. The largest absolute Gasteiger partial charge is 0.316 e. The summed E-state index contributed by atoms with van der Waals surface area (Å²) in [5.41, 5.74) is 0. The fraction of sp³-hybridized carbons (Fsp3) is 0. The van der Waals surface area contributed by atoms with E-state index in [4.69, 9.17) is 0 Å². The van der Waals surface area contributed by atoms with Crippen molar-refractivity contribution in [2.24, 2.45) is 0 Å². The SMILES string of the molecule is [Gd].[MgH2].[Nd].[Sc].[Zr]. The third-order valence-corrected chi connectivity index (χ3v) is 0. The molecule has 0 atom stereocenters. The first-order valence-corrected chi connectivity index (χ1v) is 0. The second-order valence-electron chi connectivity index (χ2n) is 0. The van der Waals surface area contributed by atoms with Crippen LogP contribution < -0.4 is 0 Å². The Morgan fingerprint density at radius 3 is 1.00 bits per heavy atom. The van der Waals surface area contributed by atoms with Gasteiger partial charge in [0.2, 0.25) is 0 Å². The topological polar surface area (TPSA) is 0 Å². The average molecular weight is 464 g/mol. The second kappa shape index (κ2) is 22.9. The van der Waals surface area contributed by atoms with Gasteiger partial charge in [-0.2, -0.15) is 0 Å². The van der Waals surface area contributed by atoms with Crippen LogP contribution in [0.5, 0.6) is 0 Å². The van der Waals surface area contributed by atoms with Crippen molar-refractivity contribution < 1.29 is 133 Å². The Labute approximate surface area is 151 Å². The Hall–Kier alpha value is 5.19. The van der Waals surface area contributed by atoms with Gasteiger partial charge in [0.05, 0.1) is 0 Å². The molecule has 1 radical (unpaired) electrons. The van der Waals surface area contributed by atoms with Crippen LogP contribution in [0.15, 0.2) is 0 Å². The molecule has 0 amide bonds. The summed E-state index contributed by atoms with van der Waals surface area (Å²) in [5.74, 6) is 0. The summed E-state index contributed by atoms with van der Waals surface area (Å²) >= 11 is 0. The molecule has 0 aliphatic carbocycles. The monoisotopic (exact) mass is 461 g/mol. The first-order valence-electron chi connectivity index (χ1n) is 0. The third kappa shape index (κ3) is 17.6. The molecule has 0 aromatic heterocycles. The van der Waals surface area contributed by atoms with Crippen molar-refractivity contribution in [3.05, 3.63) is 0 Å². The first kappa shape index (κ1) is 31.9. The van der Waals surface area contributed by atoms with E-state index < -0.39 is 0 Å². The van der Waals surface area contributed by atoms with Gasteiger partial charge in [-0.3, -0.25) is 0 Å². The molecular weight excluding hydrogens is 462 g/mol. The van der Waals surface area contributed by atoms with Gasteiger partial charge in [0.15, 0.2) is 0 Å². The zero-order valence-electron chi connectivity index (χ0n) is 1.93. The molecule has 0 rings (SSSR count). The summed E-state index contributed by atoms with van der Waals surface area (Å²) in [6, 6.07) is 0. The molecule has 0 bridgehead atoms. The van der Waals surface area contributed by atoms with E-state index in [-0.39, 0.29) is 156 Å². The smallest absolute Gasteiger partial charge is 0 e. The summed E-state index contributed by atoms with van der Waals surface area (Å²) in [6.07, 6.45) is 0. The molecule has 0 aliphatic heterocycles. The molecule has 0 unspecified atom stereocenters. The maximum atomic E-state index is 0. The standard InChI is InChI=1S/Gd.Mg.Nd.Sc.Zr.2H. The summed E-state index contributed by atoms with van der Waals surface area (Å²) in [6.45, 7) is 0. The predicted octanol–water partition coefficient (Wildman–Crippen LogP) is -0.921. The van der Waals surface area contributed by atoms with E-state index in [0.717, 1.165) is 0 Å². The van der Waals surface area contributed by atoms with Crippen LogP contribution in [0.2, 0.25) is 0 Å². The zero-order valence-corrected chi connectivity index (χ0v) is 11.7. The van der Waals surface area contributed by atoms with Crippen molar-refractivity contribution in [1.29, 1.82) is 0 Å². The van der Waals surface area contributed by atoms with Crippen molar-refractivity contribution in [2.45, 2.75) is 0 Å². The number of hydrogen-bond acceptors (Lipinski definition) is 0. The van der Waals surface area contributed by atoms with Crippen molar-refractivity contribution >= 4 is 23.1 Å². The minimum atomic E-state index is 0. The van der Waals surface area contributed by atoms with Crippen LogP contribution in [0.1, 0.15) is 0 Å². The first-order chi connectivity index (χ1) is 0. The molecule has 0 saturated carbocycles. The molecule has 5 heteroatoms. The second-order valence-corrected chi connectivity index (χ2v) is 0. The Morgan fingerprint density at radius 1 is 1.00 bits per heavy atom. The predicted molar refractivity (Wildman–Crippen MR) is 8.54 cm³/mol. The number of hydrogen-bond donors (Lipinski definition) is 0. The summed E-state index contributed by atoms with van der Waals surface area (Å²) in [7, 11) is 0. The molecule has 23 valence electrons. The van der Waals surface area contributed by atoms with E-state index in [0.29, 0.717) is 0 Å². The minimum Gasteiger partial charge on any atom is 0 e. The molecule has 0 fully saturated rings. The molecule has 0 aromatic carbocycles. The third-order valence-electron chi connectivity index (χ3n) is 0. The van der Waals surface area contributed by atoms with Crippen LogP contribution in [0.25, 0.3) is 0 Å². The Morgan fingerprint density at radius 2 is 1.00 bits per heavy atom. The van der Waals surface area contributed by atoms with Gasteiger partial charge in [-0.1, -0.05) is 0 Å². The van der Waals surface area contributed by atoms with Gasteiger partial charge < -0.3 is 0 Å². The van der Waals surface area contributed by atoms with E-state index in [2.05, 4.69) is 0 Å². The molecular formula is H2GdMgNdScZr. The van der Waals surface area contributed by atoms with Crippen LogP contribution in [0, 0.1) is 80.8 Å². The van der Waals surface area contributed by atoms with Crippen LogP contribution >= 0.6 is 0 Å². The van der Waals surface area contributed by atoms with Gasteiger partial charge in [0.1, 0.15) is 0 Å². The van der Waals surface area contributed by atoms with Crippen LogP contribution in [-0.4, -0.2) is 23.1 Å². The zero-order chi connectivity index (χ0) is 0. The quantitative estimate of drug-likeness (QED) is 0.408. The molecule has 0 aromatic rings. The Balaban J connectivity index is 0.